The maximum Gasteiger partial charge on any atom is 0.140 e. The van der Waals surface area contributed by atoms with Crippen molar-refractivity contribution in [3.63, 3.8) is 0 Å². The van der Waals surface area contributed by atoms with Crippen molar-refractivity contribution in [1.29, 1.82) is 0 Å². The van der Waals surface area contributed by atoms with E-state index in [-0.39, 0.29) is 5.54 Å². The van der Waals surface area contributed by atoms with Gasteiger partial charge in [-0.1, -0.05) is 38.1 Å². The molecule has 4 heteroatoms. The van der Waals surface area contributed by atoms with Crippen LogP contribution < -0.4 is 10.9 Å². The Bertz CT molecular complexity index is 831. The first-order valence-electron chi connectivity index (χ1n) is 8.61. The molecule has 0 bridgehead atoms. The molecule has 0 unspecified atom stereocenters. The number of para-hydroxylation sites is 2. The third kappa shape index (κ3) is 3.15. The van der Waals surface area contributed by atoms with Crippen LogP contribution in [0.15, 0.2) is 48.5 Å². The number of nitrogens with one attached hydrogen (secondary N) is 2. The number of aromatic nitrogens is 2. The Labute approximate surface area is 143 Å². The van der Waals surface area contributed by atoms with Crippen molar-refractivity contribution in [1.82, 2.24) is 15.0 Å². The lowest BCUT2D eigenvalue weighted by Gasteiger charge is -2.29. The summed E-state index contributed by atoms with van der Waals surface area (Å²) in [6, 6.07) is 16.6. The van der Waals surface area contributed by atoms with E-state index in [1.807, 2.05) is 12.1 Å². The van der Waals surface area contributed by atoms with E-state index >= 15 is 0 Å². The number of imidazole rings is 1. The second kappa shape index (κ2) is 6.65. The molecule has 0 aliphatic rings. The molecule has 0 atom stereocenters. The van der Waals surface area contributed by atoms with E-state index in [4.69, 9.17) is 4.98 Å². The minimum absolute atomic E-state index is 0.0912. The van der Waals surface area contributed by atoms with E-state index in [2.05, 4.69) is 79.6 Å². The van der Waals surface area contributed by atoms with Crippen LogP contribution in [0.1, 0.15) is 33.6 Å². The number of fused-ring (bicyclic) bond motifs is 1. The first-order valence-corrected chi connectivity index (χ1v) is 8.61. The lowest BCUT2D eigenvalue weighted by Crippen LogP contribution is -2.44. The lowest BCUT2D eigenvalue weighted by molar-refractivity contribution is 0.357. The number of aryl methyl sites for hydroxylation is 1. The molecular weight excluding hydrogens is 296 g/mol. The lowest BCUT2D eigenvalue weighted by atomic mass is 9.97. The van der Waals surface area contributed by atoms with Crippen LogP contribution in [0.4, 0.5) is 5.69 Å². The average molecular weight is 322 g/mol. The Kier molecular flexibility index (Phi) is 4.58. The summed E-state index contributed by atoms with van der Waals surface area (Å²) in [7, 11) is 2.06. The SMILES string of the molecule is CCC(C)(CC)NNc1cccc(-c2nc3ccccc3n2C)c1. The molecule has 0 aliphatic carbocycles. The molecule has 0 saturated carbocycles. The van der Waals surface area contributed by atoms with Gasteiger partial charge in [-0.15, -0.1) is 0 Å². The third-order valence-corrected chi connectivity index (χ3v) is 4.98. The second-order valence-corrected chi connectivity index (χ2v) is 6.58. The number of rotatable bonds is 6. The molecule has 2 N–H and O–H groups in total. The van der Waals surface area contributed by atoms with Crippen molar-refractivity contribution in [3.05, 3.63) is 48.5 Å². The minimum Gasteiger partial charge on any atom is -0.327 e. The van der Waals surface area contributed by atoms with Gasteiger partial charge in [0.15, 0.2) is 0 Å². The summed E-state index contributed by atoms with van der Waals surface area (Å²) in [5.74, 6) is 0.980. The van der Waals surface area contributed by atoms with Gasteiger partial charge in [0.25, 0.3) is 0 Å². The number of nitrogens with zero attached hydrogens (tertiary/aromatic N) is 2. The van der Waals surface area contributed by atoms with Crippen LogP contribution in [-0.4, -0.2) is 15.1 Å². The average Bonchev–Trinajstić information content (AvgIpc) is 2.97. The van der Waals surface area contributed by atoms with E-state index in [1.54, 1.807) is 0 Å². The quantitative estimate of drug-likeness (QED) is 0.644. The predicted octanol–water partition coefficient (Wildman–Crippen LogP) is 4.74. The molecule has 0 amide bonds. The number of hydrogen-bond acceptors (Lipinski definition) is 3. The highest BCUT2D eigenvalue weighted by Crippen LogP contribution is 2.25. The predicted molar refractivity (Wildman–Crippen MR) is 102 cm³/mol. The molecule has 24 heavy (non-hydrogen) atoms. The normalized spacial score (nSPS) is 11.8. The van der Waals surface area contributed by atoms with Gasteiger partial charge in [-0.3, -0.25) is 0 Å². The number of benzene rings is 2. The highest BCUT2D eigenvalue weighted by Gasteiger charge is 2.18. The summed E-state index contributed by atoms with van der Waals surface area (Å²) in [5.41, 5.74) is 11.2. The van der Waals surface area contributed by atoms with Crippen molar-refractivity contribution in [2.24, 2.45) is 7.05 Å². The van der Waals surface area contributed by atoms with Crippen LogP contribution >= 0.6 is 0 Å². The molecule has 0 radical (unpaired) electrons. The van der Waals surface area contributed by atoms with Crippen LogP contribution in [-0.2, 0) is 7.05 Å². The minimum atomic E-state index is 0.0912. The largest absolute Gasteiger partial charge is 0.327 e. The summed E-state index contributed by atoms with van der Waals surface area (Å²) in [6.07, 6.45) is 2.14. The van der Waals surface area contributed by atoms with Gasteiger partial charge in [0, 0.05) is 23.8 Å². The van der Waals surface area contributed by atoms with E-state index in [9.17, 15) is 0 Å². The smallest absolute Gasteiger partial charge is 0.140 e. The molecule has 1 heterocycles. The maximum absolute atomic E-state index is 4.78. The Morgan fingerprint density at radius 3 is 2.50 bits per heavy atom. The van der Waals surface area contributed by atoms with Crippen LogP contribution in [0.25, 0.3) is 22.4 Å². The molecule has 126 valence electrons. The van der Waals surface area contributed by atoms with Crippen LogP contribution in [0.5, 0.6) is 0 Å². The fourth-order valence-electron chi connectivity index (χ4n) is 2.79. The van der Waals surface area contributed by atoms with Crippen LogP contribution in [0.2, 0.25) is 0 Å². The third-order valence-electron chi connectivity index (χ3n) is 4.98. The highest BCUT2D eigenvalue weighted by molar-refractivity contribution is 5.81. The van der Waals surface area contributed by atoms with Crippen molar-refractivity contribution >= 4 is 16.7 Å². The van der Waals surface area contributed by atoms with Gasteiger partial charge in [0.05, 0.1) is 11.0 Å². The molecule has 0 fully saturated rings. The summed E-state index contributed by atoms with van der Waals surface area (Å²) in [5, 5.41) is 0. The summed E-state index contributed by atoms with van der Waals surface area (Å²) >= 11 is 0. The standard InChI is InChI=1S/C20H26N4/c1-5-20(3,6-2)23-22-16-11-9-10-15(14-16)19-21-17-12-7-8-13-18(17)24(19)4/h7-14,22-23H,5-6H2,1-4H3. The zero-order valence-electron chi connectivity index (χ0n) is 14.9. The van der Waals surface area contributed by atoms with Crippen molar-refractivity contribution in [3.8, 4) is 11.4 Å². The first-order chi connectivity index (χ1) is 11.6. The van der Waals surface area contributed by atoms with Gasteiger partial charge < -0.3 is 9.99 Å². The topological polar surface area (TPSA) is 41.9 Å². The van der Waals surface area contributed by atoms with Gasteiger partial charge in [-0.2, -0.15) is 0 Å². The number of hydrazine groups is 1. The van der Waals surface area contributed by atoms with Crippen LogP contribution in [0, 0.1) is 0 Å². The molecule has 0 saturated heterocycles. The van der Waals surface area contributed by atoms with Crippen LogP contribution in [0.3, 0.4) is 0 Å². The van der Waals surface area contributed by atoms with Gasteiger partial charge in [0.1, 0.15) is 5.82 Å². The second-order valence-electron chi connectivity index (χ2n) is 6.58. The van der Waals surface area contributed by atoms with E-state index in [1.165, 1.54) is 0 Å². The monoisotopic (exact) mass is 322 g/mol. The highest BCUT2D eigenvalue weighted by atomic mass is 15.4. The fourth-order valence-corrected chi connectivity index (χ4v) is 2.79. The van der Waals surface area contributed by atoms with Gasteiger partial charge >= 0.3 is 0 Å². The molecule has 0 aliphatic heterocycles. The summed E-state index contributed by atoms with van der Waals surface area (Å²) in [4.78, 5) is 4.78. The van der Waals surface area contributed by atoms with Crippen molar-refractivity contribution < 1.29 is 0 Å². The number of hydrogen-bond donors (Lipinski definition) is 2. The molecule has 3 rings (SSSR count). The zero-order valence-corrected chi connectivity index (χ0v) is 14.9. The van der Waals surface area contributed by atoms with E-state index < -0.39 is 0 Å². The Morgan fingerprint density at radius 2 is 1.79 bits per heavy atom. The number of anilines is 1. The van der Waals surface area contributed by atoms with Gasteiger partial charge in [-0.25, -0.2) is 10.4 Å². The van der Waals surface area contributed by atoms with E-state index in [0.717, 1.165) is 41.0 Å². The van der Waals surface area contributed by atoms with Crippen molar-refractivity contribution in [2.45, 2.75) is 39.2 Å². The molecule has 2 aromatic carbocycles. The molecular formula is C20H26N4. The fraction of sp³-hybridized carbons (Fsp3) is 0.350. The Morgan fingerprint density at radius 1 is 1.04 bits per heavy atom. The van der Waals surface area contributed by atoms with Gasteiger partial charge in [0.2, 0.25) is 0 Å². The molecule has 0 spiro atoms. The Balaban J connectivity index is 1.88. The van der Waals surface area contributed by atoms with Gasteiger partial charge in [-0.05, 0) is 44.0 Å². The first kappa shape index (κ1) is 16.5. The zero-order chi connectivity index (χ0) is 17.2. The maximum atomic E-state index is 4.78. The molecule has 1 aromatic heterocycles. The van der Waals surface area contributed by atoms with Crippen molar-refractivity contribution in [2.75, 3.05) is 5.43 Å². The summed E-state index contributed by atoms with van der Waals surface area (Å²) < 4.78 is 2.14. The van der Waals surface area contributed by atoms with E-state index in [0.29, 0.717) is 0 Å². The summed E-state index contributed by atoms with van der Waals surface area (Å²) in [6.45, 7) is 6.64. The molecule has 3 aromatic rings. The molecule has 4 nitrogen and oxygen atoms in total. The Hall–Kier alpha value is -2.33.